The summed E-state index contributed by atoms with van der Waals surface area (Å²) in [6.07, 6.45) is 0. The minimum Gasteiger partial charge on any atom is -0.507 e. The van der Waals surface area contributed by atoms with Crippen LogP contribution >= 0.6 is 0 Å². The topological polar surface area (TPSA) is 65.5 Å². The third-order valence-corrected chi connectivity index (χ3v) is 6.84. The number of rotatable bonds is 5. The van der Waals surface area contributed by atoms with Crippen molar-refractivity contribution in [3.8, 4) is 11.5 Å². The van der Waals surface area contributed by atoms with E-state index < -0.39 is 0 Å². The van der Waals surface area contributed by atoms with Gasteiger partial charge in [-0.1, -0.05) is 36.4 Å². The molecule has 0 radical (unpaired) electrons. The van der Waals surface area contributed by atoms with Crippen LogP contribution < -0.4 is 9.64 Å². The summed E-state index contributed by atoms with van der Waals surface area (Å²) in [5, 5.41) is 13.2. The average molecular weight is 462 g/mol. The number of nitrogens with zero attached hydrogens (tertiary/aromatic N) is 3. The van der Waals surface area contributed by atoms with Gasteiger partial charge in [0.25, 0.3) is 5.91 Å². The van der Waals surface area contributed by atoms with Gasteiger partial charge in [-0.25, -0.2) is 0 Å². The summed E-state index contributed by atoms with van der Waals surface area (Å²) >= 11 is 0. The highest BCUT2D eigenvalue weighted by Gasteiger charge is 2.26. The SMILES string of the molecule is COc1ccccc1N1CCN(Cc2c(O)c(C(=O)N3CCOCC3)cc3ccccc23)CC1. The van der Waals surface area contributed by atoms with Crippen molar-refractivity contribution in [3.63, 3.8) is 0 Å². The quantitative estimate of drug-likeness (QED) is 0.629. The molecule has 0 atom stereocenters. The fraction of sp³-hybridized carbons (Fsp3) is 0.370. The zero-order valence-corrected chi connectivity index (χ0v) is 19.6. The molecule has 3 aromatic rings. The summed E-state index contributed by atoms with van der Waals surface area (Å²) < 4.78 is 10.9. The lowest BCUT2D eigenvalue weighted by Crippen LogP contribution is -2.46. The van der Waals surface area contributed by atoms with Crippen LogP contribution in [0, 0.1) is 0 Å². The average Bonchev–Trinajstić information content (AvgIpc) is 2.90. The number of benzene rings is 3. The zero-order chi connectivity index (χ0) is 23.5. The zero-order valence-electron chi connectivity index (χ0n) is 19.6. The van der Waals surface area contributed by atoms with Gasteiger partial charge in [-0.2, -0.15) is 0 Å². The Hall–Kier alpha value is -3.29. The van der Waals surface area contributed by atoms with Crippen LogP contribution in [0.2, 0.25) is 0 Å². The van der Waals surface area contributed by atoms with Crippen molar-refractivity contribution < 1.29 is 19.4 Å². The fourth-order valence-corrected chi connectivity index (χ4v) is 4.93. The molecule has 0 aliphatic carbocycles. The standard InChI is InChI=1S/C27H31N3O4/c1-33-25-9-5-4-8-24(25)29-12-10-28(11-13-29)19-23-21-7-3-2-6-20(21)18-22(26(23)31)27(32)30-14-16-34-17-15-30/h2-9,18,31H,10-17,19H2,1H3. The number of morpholine rings is 1. The highest BCUT2D eigenvalue weighted by atomic mass is 16.5. The molecule has 2 fully saturated rings. The number of ether oxygens (including phenoxy) is 2. The Balaban J connectivity index is 1.38. The van der Waals surface area contributed by atoms with Gasteiger partial charge in [0.1, 0.15) is 11.5 Å². The number of methoxy groups -OCH3 is 1. The summed E-state index contributed by atoms with van der Waals surface area (Å²) in [4.78, 5) is 19.7. The first-order valence-electron chi connectivity index (χ1n) is 11.9. The fourth-order valence-electron chi connectivity index (χ4n) is 4.93. The van der Waals surface area contributed by atoms with Gasteiger partial charge < -0.3 is 24.4 Å². The molecule has 0 saturated carbocycles. The minimum absolute atomic E-state index is 0.0994. The molecule has 7 nitrogen and oxygen atoms in total. The summed E-state index contributed by atoms with van der Waals surface area (Å²) in [6.45, 7) is 6.19. The summed E-state index contributed by atoms with van der Waals surface area (Å²) in [5.74, 6) is 0.852. The van der Waals surface area contributed by atoms with Crippen LogP contribution in [-0.4, -0.2) is 80.4 Å². The molecule has 5 rings (SSSR count). The molecule has 3 aromatic carbocycles. The van der Waals surface area contributed by atoms with Gasteiger partial charge >= 0.3 is 0 Å². The molecular formula is C27H31N3O4. The van der Waals surface area contributed by atoms with Crippen LogP contribution in [0.4, 0.5) is 5.69 Å². The number of aromatic hydroxyl groups is 1. The van der Waals surface area contributed by atoms with Crippen molar-refractivity contribution in [1.29, 1.82) is 0 Å². The lowest BCUT2D eigenvalue weighted by atomic mass is 9.97. The number of carbonyl (C=O) groups excluding carboxylic acids is 1. The van der Waals surface area contributed by atoms with E-state index in [9.17, 15) is 9.90 Å². The van der Waals surface area contributed by atoms with E-state index in [4.69, 9.17) is 9.47 Å². The van der Waals surface area contributed by atoms with Crippen LogP contribution in [0.25, 0.3) is 10.8 Å². The van der Waals surface area contributed by atoms with E-state index in [1.54, 1.807) is 12.0 Å². The largest absolute Gasteiger partial charge is 0.507 e. The molecule has 0 bridgehead atoms. The molecule has 2 aliphatic heterocycles. The summed E-state index contributed by atoms with van der Waals surface area (Å²) in [6, 6.07) is 17.9. The normalized spacial score (nSPS) is 17.2. The minimum atomic E-state index is -0.131. The second kappa shape index (κ2) is 9.91. The Labute approximate surface area is 200 Å². The number of anilines is 1. The van der Waals surface area contributed by atoms with Gasteiger partial charge in [0, 0.05) is 51.4 Å². The second-order valence-corrected chi connectivity index (χ2v) is 8.81. The third kappa shape index (κ3) is 4.41. The Morgan fingerprint density at radius 1 is 0.971 bits per heavy atom. The highest BCUT2D eigenvalue weighted by molar-refractivity contribution is 6.03. The monoisotopic (exact) mass is 461 g/mol. The van der Waals surface area contributed by atoms with Crippen LogP contribution in [0.15, 0.2) is 54.6 Å². The van der Waals surface area contributed by atoms with Crippen LogP contribution in [0.5, 0.6) is 11.5 Å². The number of carbonyl (C=O) groups is 1. The van der Waals surface area contributed by atoms with Gasteiger partial charge in [0.05, 0.1) is 31.6 Å². The molecule has 0 spiro atoms. The molecule has 34 heavy (non-hydrogen) atoms. The van der Waals surface area contributed by atoms with E-state index in [1.807, 2.05) is 48.5 Å². The first-order chi connectivity index (χ1) is 16.7. The Morgan fingerprint density at radius 2 is 1.68 bits per heavy atom. The molecule has 178 valence electrons. The van der Waals surface area contributed by atoms with E-state index in [0.29, 0.717) is 38.4 Å². The van der Waals surface area contributed by atoms with E-state index in [2.05, 4.69) is 15.9 Å². The number of fused-ring (bicyclic) bond motifs is 1. The van der Waals surface area contributed by atoms with Gasteiger partial charge in [-0.15, -0.1) is 0 Å². The van der Waals surface area contributed by atoms with Gasteiger partial charge in [-0.05, 0) is 29.0 Å². The van der Waals surface area contributed by atoms with Gasteiger partial charge in [0.2, 0.25) is 0 Å². The number of phenols is 1. The number of phenolic OH excluding ortho intramolecular Hbond substituents is 1. The van der Waals surface area contributed by atoms with Crippen molar-refractivity contribution in [2.75, 3.05) is 64.5 Å². The molecular weight excluding hydrogens is 430 g/mol. The van der Waals surface area contributed by atoms with Crippen LogP contribution in [0.1, 0.15) is 15.9 Å². The van der Waals surface area contributed by atoms with Gasteiger partial charge in [0.15, 0.2) is 0 Å². The number of piperazine rings is 1. The third-order valence-electron chi connectivity index (χ3n) is 6.84. The molecule has 0 aromatic heterocycles. The van der Waals surface area contributed by atoms with E-state index in [-0.39, 0.29) is 11.7 Å². The van der Waals surface area contributed by atoms with E-state index in [0.717, 1.165) is 54.0 Å². The summed E-state index contributed by atoms with van der Waals surface area (Å²) in [5.41, 5.74) is 2.31. The molecule has 7 heteroatoms. The molecule has 0 unspecified atom stereocenters. The smallest absolute Gasteiger partial charge is 0.257 e. The number of hydrogen-bond donors (Lipinski definition) is 1. The molecule has 2 saturated heterocycles. The number of amides is 1. The summed E-state index contributed by atoms with van der Waals surface area (Å²) in [7, 11) is 1.70. The van der Waals surface area contributed by atoms with Crippen molar-refractivity contribution in [2.24, 2.45) is 0 Å². The molecule has 1 amide bonds. The molecule has 1 N–H and O–H groups in total. The predicted molar refractivity (Wildman–Crippen MR) is 133 cm³/mol. The van der Waals surface area contributed by atoms with Crippen molar-refractivity contribution in [3.05, 3.63) is 65.7 Å². The van der Waals surface area contributed by atoms with E-state index >= 15 is 0 Å². The van der Waals surface area contributed by atoms with Crippen molar-refractivity contribution >= 4 is 22.4 Å². The maximum Gasteiger partial charge on any atom is 0.257 e. The number of para-hydroxylation sites is 2. The van der Waals surface area contributed by atoms with Crippen molar-refractivity contribution in [2.45, 2.75) is 6.54 Å². The second-order valence-electron chi connectivity index (χ2n) is 8.81. The first-order valence-corrected chi connectivity index (χ1v) is 11.9. The maximum absolute atomic E-state index is 13.2. The Bertz CT molecular complexity index is 1170. The first kappa shape index (κ1) is 22.5. The molecule has 2 heterocycles. The molecule has 2 aliphatic rings. The van der Waals surface area contributed by atoms with E-state index in [1.165, 1.54) is 0 Å². The highest BCUT2D eigenvalue weighted by Crippen LogP contribution is 2.34. The van der Waals surface area contributed by atoms with Gasteiger partial charge in [-0.3, -0.25) is 9.69 Å². The lowest BCUT2D eigenvalue weighted by molar-refractivity contribution is 0.0301. The van der Waals surface area contributed by atoms with Crippen molar-refractivity contribution in [1.82, 2.24) is 9.80 Å². The van der Waals surface area contributed by atoms with Crippen LogP contribution in [-0.2, 0) is 11.3 Å². The lowest BCUT2D eigenvalue weighted by Gasteiger charge is -2.37. The number of hydrogen-bond acceptors (Lipinski definition) is 6. The Kier molecular flexibility index (Phi) is 6.56. The predicted octanol–water partition coefficient (Wildman–Crippen LogP) is 3.35. The Morgan fingerprint density at radius 3 is 2.44 bits per heavy atom. The maximum atomic E-state index is 13.2. The van der Waals surface area contributed by atoms with Crippen LogP contribution in [0.3, 0.4) is 0 Å².